The molecule has 8 nitrogen and oxygen atoms in total. The summed E-state index contributed by atoms with van der Waals surface area (Å²) >= 11 is 6.43. The van der Waals surface area contributed by atoms with E-state index >= 15 is 0 Å². The number of benzene rings is 2. The van der Waals surface area contributed by atoms with Crippen molar-refractivity contribution in [3.05, 3.63) is 69.8 Å². The van der Waals surface area contributed by atoms with E-state index in [1.807, 2.05) is 18.2 Å². The van der Waals surface area contributed by atoms with Crippen LogP contribution in [0.5, 0.6) is 5.75 Å². The number of methoxy groups -OCH3 is 2. The van der Waals surface area contributed by atoms with Gasteiger partial charge in [0.2, 0.25) is 0 Å². The Morgan fingerprint density at radius 2 is 1.98 bits per heavy atom. The maximum atomic E-state index is 12.6. The van der Waals surface area contributed by atoms with Crippen LogP contribution in [0.2, 0.25) is 5.02 Å². The molecule has 10 heteroatoms. The summed E-state index contributed by atoms with van der Waals surface area (Å²) in [5.41, 5.74) is 5.16. The minimum atomic E-state index is -3.44. The molecule has 6 rings (SSSR count). The van der Waals surface area contributed by atoms with Crippen LogP contribution in [0.25, 0.3) is 0 Å². The van der Waals surface area contributed by atoms with E-state index in [1.54, 1.807) is 13.2 Å². The Kier molecular flexibility index (Phi) is 9.53. The van der Waals surface area contributed by atoms with Crippen LogP contribution < -0.4 is 9.64 Å². The molecule has 1 unspecified atom stereocenters. The average Bonchev–Trinajstić information content (AvgIpc) is 3.17. The first-order valence-corrected chi connectivity index (χ1v) is 18.2. The van der Waals surface area contributed by atoms with Crippen LogP contribution in [-0.4, -0.2) is 67.3 Å². The third kappa shape index (κ3) is 6.92. The smallest absolute Gasteiger partial charge is 0.337 e. The van der Waals surface area contributed by atoms with Gasteiger partial charge >= 0.3 is 5.97 Å². The van der Waals surface area contributed by atoms with Crippen molar-refractivity contribution in [3.8, 4) is 5.75 Å². The molecule has 1 heterocycles. The van der Waals surface area contributed by atoms with Crippen molar-refractivity contribution >= 4 is 33.4 Å². The van der Waals surface area contributed by atoms with Gasteiger partial charge in [0.05, 0.1) is 43.9 Å². The number of hydrogen-bond donors (Lipinski definition) is 0. The SMILES string of the molecule is COC(=O)c1ccc2c(c1)N(C[C@@H]1CC[C@H]1[C@@H](OC)C1=CC[C@@H](COS(C)(=O)=O)CC1)CC1(CCCc3cc(Cl)ccc31)CO2. The van der Waals surface area contributed by atoms with Gasteiger partial charge in [-0.15, -0.1) is 0 Å². The molecule has 0 bridgehead atoms. The van der Waals surface area contributed by atoms with Crippen LogP contribution in [0.3, 0.4) is 0 Å². The molecule has 1 saturated carbocycles. The first-order chi connectivity index (χ1) is 21.6. The molecule has 4 aliphatic rings. The molecular formula is C35H44ClNO7S. The fourth-order valence-electron chi connectivity index (χ4n) is 8.00. The van der Waals surface area contributed by atoms with Gasteiger partial charge in [-0.1, -0.05) is 23.7 Å². The number of esters is 1. The third-order valence-electron chi connectivity index (χ3n) is 10.5. The van der Waals surface area contributed by atoms with Gasteiger partial charge in [-0.3, -0.25) is 4.18 Å². The molecule has 1 fully saturated rings. The van der Waals surface area contributed by atoms with Gasteiger partial charge in [0.15, 0.2) is 0 Å². The highest BCUT2D eigenvalue weighted by Gasteiger charge is 2.45. The highest BCUT2D eigenvalue weighted by atomic mass is 35.5. The molecule has 1 spiro atoms. The van der Waals surface area contributed by atoms with E-state index < -0.39 is 10.1 Å². The zero-order valence-corrected chi connectivity index (χ0v) is 28.0. The van der Waals surface area contributed by atoms with E-state index in [1.165, 1.54) is 23.8 Å². The average molecular weight is 658 g/mol. The second kappa shape index (κ2) is 13.3. The first kappa shape index (κ1) is 32.4. The largest absolute Gasteiger partial charge is 0.490 e. The van der Waals surface area contributed by atoms with Crippen LogP contribution in [0.1, 0.15) is 66.4 Å². The van der Waals surface area contributed by atoms with Crippen LogP contribution in [-0.2, 0) is 35.6 Å². The number of carbonyl (C=O) groups excluding carboxylic acids is 1. The Morgan fingerprint density at radius 3 is 2.67 bits per heavy atom. The number of aryl methyl sites for hydroxylation is 1. The lowest BCUT2D eigenvalue weighted by Gasteiger charge is -2.47. The molecular weight excluding hydrogens is 614 g/mol. The number of anilines is 1. The predicted molar refractivity (Wildman–Crippen MR) is 175 cm³/mol. The molecule has 1 aliphatic heterocycles. The van der Waals surface area contributed by atoms with Gasteiger partial charge in [0.25, 0.3) is 10.1 Å². The zero-order chi connectivity index (χ0) is 31.8. The summed E-state index contributed by atoms with van der Waals surface area (Å²) in [5.74, 6) is 1.40. The summed E-state index contributed by atoms with van der Waals surface area (Å²) in [6, 6.07) is 11.9. The molecule has 2 aromatic carbocycles. The van der Waals surface area contributed by atoms with Gasteiger partial charge in [-0.25, -0.2) is 4.79 Å². The lowest BCUT2D eigenvalue weighted by Crippen LogP contribution is -2.50. The number of fused-ring (bicyclic) bond motifs is 3. The number of rotatable bonds is 9. The van der Waals surface area contributed by atoms with Gasteiger partial charge in [-0.05, 0) is 116 Å². The van der Waals surface area contributed by atoms with Crippen LogP contribution in [0, 0.1) is 17.8 Å². The number of allylic oxidation sites excluding steroid dienone is 1. The molecule has 2 aromatic rings. The topological polar surface area (TPSA) is 91.4 Å². The number of nitrogens with zero attached hydrogens (tertiary/aromatic N) is 1. The number of ether oxygens (including phenoxy) is 3. The third-order valence-corrected chi connectivity index (χ3v) is 11.3. The zero-order valence-electron chi connectivity index (χ0n) is 26.4. The molecule has 0 aromatic heterocycles. The molecule has 3 aliphatic carbocycles. The maximum absolute atomic E-state index is 12.6. The lowest BCUT2D eigenvalue weighted by molar-refractivity contribution is 0.00284. The fourth-order valence-corrected chi connectivity index (χ4v) is 8.64. The van der Waals surface area contributed by atoms with E-state index in [0.717, 1.165) is 87.2 Å². The summed E-state index contributed by atoms with van der Waals surface area (Å²) < 4.78 is 45.9. The number of hydrogen-bond acceptors (Lipinski definition) is 8. The summed E-state index contributed by atoms with van der Waals surface area (Å²) in [5, 5.41) is 0.761. The highest BCUT2D eigenvalue weighted by molar-refractivity contribution is 7.85. The maximum Gasteiger partial charge on any atom is 0.337 e. The van der Waals surface area contributed by atoms with Crippen molar-refractivity contribution < 1.29 is 31.6 Å². The quantitative estimate of drug-likeness (QED) is 0.175. The molecule has 0 saturated heterocycles. The second-order valence-corrected chi connectivity index (χ2v) is 15.4. The van der Waals surface area contributed by atoms with Gasteiger partial charge in [0.1, 0.15) is 5.75 Å². The standard InChI is InChI=1S/C35H44ClNO7S/c1-41-33(24-8-6-23(7-9-24)20-44-45(3,39)40)29-13-10-27(29)19-37-21-35(16-4-5-25-17-28(36)12-14-30(25)35)22-43-32-15-11-26(18-31(32)37)34(38)42-2/h8,11-12,14-15,17-18,23,27,29,33H,4-7,9-10,13,16,19-22H2,1-3H3/t23-,27+,29-,33+,35?/m1/s1. The van der Waals surface area contributed by atoms with Crippen molar-refractivity contribution in [1.82, 2.24) is 0 Å². The van der Waals surface area contributed by atoms with Crippen LogP contribution in [0.15, 0.2) is 48.0 Å². The van der Waals surface area contributed by atoms with Gasteiger partial charge < -0.3 is 19.1 Å². The Hall–Kier alpha value is -2.59. The summed E-state index contributed by atoms with van der Waals surface area (Å²) in [6.45, 7) is 2.40. The molecule has 0 radical (unpaired) electrons. The Labute approximate surface area is 272 Å². The second-order valence-electron chi connectivity index (χ2n) is 13.3. The Bertz CT molecular complexity index is 1560. The number of carbonyl (C=O) groups is 1. The molecule has 45 heavy (non-hydrogen) atoms. The van der Waals surface area contributed by atoms with Crippen LogP contribution >= 0.6 is 11.6 Å². The van der Waals surface area contributed by atoms with E-state index in [4.69, 9.17) is 30.0 Å². The van der Waals surface area contributed by atoms with E-state index in [-0.39, 0.29) is 30.0 Å². The first-order valence-electron chi connectivity index (χ1n) is 16.0. The van der Waals surface area contributed by atoms with Crippen LogP contribution in [0.4, 0.5) is 5.69 Å². The lowest BCUT2D eigenvalue weighted by atomic mass is 9.66. The van der Waals surface area contributed by atoms with Crippen molar-refractivity contribution in [2.45, 2.75) is 62.9 Å². The summed E-state index contributed by atoms with van der Waals surface area (Å²) in [4.78, 5) is 15.0. The Morgan fingerprint density at radius 1 is 1.13 bits per heavy atom. The molecule has 5 atom stereocenters. The van der Waals surface area contributed by atoms with E-state index in [2.05, 4.69) is 23.1 Å². The van der Waals surface area contributed by atoms with Crippen molar-refractivity contribution in [1.29, 1.82) is 0 Å². The van der Waals surface area contributed by atoms with Crippen molar-refractivity contribution in [3.63, 3.8) is 0 Å². The predicted octanol–water partition coefficient (Wildman–Crippen LogP) is 6.34. The van der Waals surface area contributed by atoms with E-state index in [9.17, 15) is 13.2 Å². The Balaban J connectivity index is 1.26. The summed E-state index contributed by atoms with van der Waals surface area (Å²) in [7, 11) is -0.229. The van der Waals surface area contributed by atoms with E-state index in [0.29, 0.717) is 24.0 Å². The highest BCUT2D eigenvalue weighted by Crippen LogP contribution is 2.48. The number of halogens is 1. The van der Waals surface area contributed by atoms with Gasteiger partial charge in [-0.2, -0.15) is 8.42 Å². The fraction of sp³-hybridized carbons (Fsp3) is 0.571. The molecule has 244 valence electrons. The normalized spacial score (nSPS) is 26.9. The van der Waals surface area contributed by atoms with Gasteiger partial charge in [0, 0.05) is 30.6 Å². The van der Waals surface area contributed by atoms with Crippen molar-refractivity contribution in [2.75, 3.05) is 51.7 Å². The minimum absolute atomic E-state index is 0.0242. The minimum Gasteiger partial charge on any atom is -0.490 e. The molecule has 0 N–H and O–H groups in total. The molecule has 0 amide bonds. The summed E-state index contributed by atoms with van der Waals surface area (Å²) in [6.07, 6.45) is 11.2. The van der Waals surface area contributed by atoms with Crippen molar-refractivity contribution in [2.24, 2.45) is 17.8 Å². The monoisotopic (exact) mass is 657 g/mol.